The Bertz CT molecular complexity index is 516. The quantitative estimate of drug-likeness (QED) is 0.511. The van der Waals surface area contributed by atoms with Crippen LogP contribution < -0.4 is 0 Å². The molecule has 1 heterocycles. The van der Waals surface area contributed by atoms with Crippen LogP contribution in [0.25, 0.3) is 0 Å². The minimum absolute atomic E-state index is 0.159. The average Bonchev–Trinajstić information content (AvgIpc) is 2.44. The normalized spacial score (nSPS) is 16.1. The Kier molecular flexibility index (Phi) is 6.34. The first-order valence-electron chi connectivity index (χ1n) is 9.72. The maximum absolute atomic E-state index is 4.94. The zero-order valence-corrected chi connectivity index (χ0v) is 18.0. The third-order valence-corrected chi connectivity index (χ3v) is 5.74. The molecule has 1 aromatic rings. The van der Waals surface area contributed by atoms with Crippen molar-refractivity contribution in [2.45, 2.75) is 106 Å². The van der Waals surface area contributed by atoms with Gasteiger partial charge in [-0.2, -0.15) is 0 Å². The van der Waals surface area contributed by atoms with E-state index in [1.54, 1.807) is 0 Å². The summed E-state index contributed by atoms with van der Waals surface area (Å²) in [6, 6.07) is 4.61. The van der Waals surface area contributed by atoms with Crippen molar-refractivity contribution in [3.8, 4) is 0 Å². The van der Waals surface area contributed by atoms with Crippen molar-refractivity contribution < 1.29 is 0 Å². The largest absolute Gasteiger partial charge is 0.260 e. The second kappa shape index (κ2) is 7.18. The van der Waals surface area contributed by atoms with Gasteiger partial charge in [0, 0.05) is 17.3 Å². The molecule has 1 rings (SSSR count). The number of nitrogens with zero attached hydrogens (tertiary/aromatic N) is 1. The van der Waals surface area contributed by atoms with Crippen LogP contribution in [0.15, 0.2) is 18.3 Å². The Labute approximate surface area is 151 Å². The van der Waals surface area contributed by atoms with E-state index in [1.807, 2.05) is 0 Å². The summed E-state index contributed by atoms with van der Waals surface area (Å²) >= 11 is 0. The molecule has 0 radical (unpaired) electrons. The van der Waals surface area contributed by atoms with Crippen LogP contribution in [0.3, 0.4) is 0 Å². The third kappa shape index (κ3) is 5.60. The van der Waals surface area contributed by atoms with Crippen molar-refractivity contribution in [3.05, 3.63) is 29.6 Å². The highest BCUT2D eigenvalue weighted by Crippen LogP contribution is 2.41. The summed E-state index contributed by atoms with van der Waals surface area (Å²) in [5, 5.41) is 0. The Hall–Kier alpha value is -0.850. The maximum Gasteiger partial charge on any atom is 0.0462 e. The molecular formula is C23H41N. The maximum atomic E-state index is 4.94. The fourth-order valence-electron chi connectivity index (χ4n) is 4.16. The molecule has 0 aliphatic carbocycles. The van der Waals surface area contributed by atoms with Gasteiger partial charge in [-0.25, -0.2) is 0 Å². The zero-order valence-electron chi connectivity index (χ0n) is 18.0. The summed E-state index contributed by atoms with van der Waals surface area (Å²) in [6.07, 6.45) is 6.82. The number of aromatic nitrogens is 1. The summed E-state index contributed by atoms with van der Waals surface area (Å²) in [4.78, 5) is 4.94. The molecule has 1 atom stereocenters. The topological polar surface area (TPSA) is 12.9 Å². The van der Waals surface area contributed by atoms with E-state index in [4.69, 9.17) is 4.98 Å². The SMILES string of the molecule is CCC(C)(C)CC(C)(CC)c1ccc(C(C)(C)CC(C)(C)C)cn1. The standard InChI is InChI=1S/C23H41N/c1-11-21(6,7)17-23(10,12-2)19-14-13-18(15-24-19)22(8,9)16-20(3,4)5/h13-15H,11-12,16-17H2,1-10H3. The first-order valence-corrected chi connectivity index (χ1v) is 9.72. The molecule has 24 heavy (non-hydrogen) atoms. The molecule has 1 unspecified atom stereocenters. The predicted octanol–water partition coefficient (Wildman–Crippen LogP) is 7.29. The van der Waals surface area contributed by atoms with Gasteiger partial charge in [0.25, 0.3) is 0 Å². The number of rotatable bonds is 7. The summed E-state index contributed by atoms with van der Waals surface area (Å²) in [6.45, 7) is 23.4. The average molecular weight is 332 g/mol. The molecule has 0 aromatic carbocycles. The third-order valence-electron chi connectivity index (χ3n) is 5.74. The molecule has 1 nitrogen and oxygen atoms in total. The molecular weight excluding hydrogens is 290 g/mol. The van der Waals surface area contributed by atoms with E-state index in [2.05, 4.69) is 87.6 Å². The minimum Gasteiger partial charge on any atom is -0.260 e. The van der Waals surface area contributed by atoms with Crippen molar-refractivity contribution in [2.75, 3.05) is 0 Å². The van der Waals surface area contributed by atoms with Gasteiger partial charge >= 0.3 is 0 Å². The molecule has 0 bridgehead atoms. The molecule has 0 aliphatic heterocycles. The highest BCUT2D eigenvalue weighted by atomic mass is 14.7. The lowest BCUT2D eigenvalue weighted by molar-refractivity contribution is 0.226. The van der Waals surface area contributed by atoms with Crippen molar-refractivity contribution in [1.82, 2.24) is 4.98 Å². The lowest BCUT2D eigenvalue weighted by Gasteiger charge is -2.37. The van der Waals surface area contributed by atoms with Gasteiger partial charge in [0.1, 0.15) is 0 Å². The van der Waals surface area contributed by atoms with Crippen molar-refractivity contribution >= 4 is 0 Å². The Balaban J connectivity index is 3.08. The van der Waals surface area contributed by atoms with Gasteiger partial charge in [-0.05, 0) is 47.1 Å². The second-order valence-corrected chi connectivity index (χ2v) is 10.7. The van der Waals surface area contributed by atoms with Gasteiger partial charge in [-0.3, -0.25) is 4.98 Å². The molecule has 1 heteroatoms. The van der Waals surface area contributed by atoms with E-state index >= 15 is 0 Å². The highest BCUT2D eigenvalue weighted by Gasteiger charge is 2.33. The second-order valence-electron chi connectivity index (χ2n) is 10.7. The van der Waals surface area contributed by atoms with Crippen molar-refractivity contribution in [3.63, 3.8) is 0 Å². The van der Waals surface area contributed by atoms with Crippen LogP contribution >= 0.6 is 0 Å². The first-order chi connectivity index (χ1) is 10.7. The smallest absolute Gasteiger partial charge is 0.0462 e. The monoisotopic (exact) mass is 331 g/mol. The fourth-order valence-corrected chi connectivity index (χ4v) is 4.16. The molecule has 0 saturated carbocycles. The van der Waals surface area contributed by atoms with E-state index in [0.29, 0.717) is 10.8 Å². The van der Waals surface area contributed by atoms with Crippen LogP contribution in [-0.2, 0) is 10.8 Å². The first kappa shape index (κ1) is 21.2. The highest BCUT2D eigenvalue weighted by molar-refractivity contribution is 5.26. The lowest BCUT2D eigenvalue weighted by atomic mass is 9.69. The van der Waals surface area contributed by atoms with Gasteiger partial charge in [0.15, 0.2) is 0 Å². The predicted molar refractivity (Wildman–Crippen MR) is 108 cm³/mol. The molecule has 138 valence electrons. The summed E-state index contributed by atoms with van der Waals surface area (Å²) in [5.74, 6) is 0. The number of pyridine rings is 1. The summed E-state index contributed by atoms with van der Waals surface area (Å²) in [7, 11) is 0. The molecule has 1 aromatic heterocycles. The van der Waals surface area contributed by atoms with E-state index in [0.717, 1.165) is 12.8 Å². The van der Waals surface area contributed by atoms with Crippen LogP contribution in [0.2, 0.25) is 0 Å². The number of hydrogen-bond donors (Lipinski definition) is 0. The molecule has 0 amide bonds. The van der Waals surface area contributed by atoms with Crippen LogP contribution in [-0.4, -0.2) is 4.98 Å². The van der Waals surface area contributed by atoms with Crippen LogP contribution in [0.1, 0.15) is 106 Å². The summed E-state index contributed by atoms with van der Waals surface area (Å²) < 4.78 is 0. The van der Waals surface area contributed by atoms with Gasteiger partial charge in [-0.1, -0.05) is 81.7 Å². The van der Waals surface area contributed by atoms with Gasteiger partial charge in [0.2, 0.25) is 0 Å². The molecule has 0 saturated heterocycles. The van der Waals surface area contributed by atoms with Crippen LogP contribution in [0, 0.1) is 10.8 Å². The lowest BCUT2D eigenvalue weighted by Crippen LogP contribution is -2.30. The zero-order chi connectivity index (χ0) is 18.8. The Morgan fingerprint density at radius 3 is 1.75 bits per heavy atom. The van der Waals surface area contributed by atoms with Gasteiger partial charge in [0.05, 0.1) is 0 Å². The number of hydrogen-bond acceptors (Lipinski definition) is 1. The van der Waals surface area contributed by atoms with Crippen LogP contribution in [0.5, 0.6) is 0 Å². The summed E-state index contributed by atoms with van der Waals surface area (Å²) in [5.41, 5.74) is 3.61. The fraction of sp³-hybridized carbons (Fsp3) is 0.783. The molecule has 0 fully saturated rings. The van der Waals surface area contributed by atoms with Crippen molar-refractivity contribution in [2.24, 2.45) is 10.8 Å². The minimum atomic E-state index is 0.159. The van der Waals surface area contributed by atoms with E-state index < -0.39 is 0 Å². The van der Waals surface area contributed by atoms with Crippen LogP contribution in [0.4, 0.5) is 0 Å². The molecule has 0 spiro atoms. The van der Waals surface area contributed by atoms with E-state index in [-0.39, 0.29) is 10.8 Å². The van der Waals surface area contributed by atoms with Gasteiger partial charge < -0.3 is 0 Å². The van der Waals surface area contributed by atoms with E-state index in [9.17, 15) is 0 Å². The molecule has 0 aliphatic rings. The van der Waals surface area contributed by atoms with Gasteiger partial charge in [-0.15, -0.1) is 0 Å². The Morgan fingerprint density at radius 2 is 1.38 bits per heavy atom. The van der Waals surface area contributed by atoms with E-state index in [1.165, 1.54) is 24.1 Å². The van der Waals surface area contributed by atoms with Crippen molar-refractivity contribution in [1.29, 1.82) is 0 Å². The Morgan fingerprint density at radius 1 is 0.792 bits per heavy atom. The molecule has 0 N–H and O–H groups in total.